The smallest absolute Gasteiger partial charge is 0.251 e. The maximum atomic E-state index is 11.9. The maximum Gasteiger partial charge on any atom is 0.251 e. The van der Waals surface area contributed by atoms with Crippen molar-refractivity contribution in [3.05, 3.63) is 74.8 Å². The van der Waals surface area contributed by atoms with Crippen LogP contribution in [0.3, 0.4) is 0 Å². The van der Waals surface area contributed by atoms with Gasteiger partial charge >= 0.3 is 0 Å². The summed E-state index contributed by atoms with van der Waals surface area (Å²) in [7, 11) is 0. The monoisotopic (exact) mass is 339 g/mol. The van der Waals surface area contributed by atoms with E-state index in [4.69, 9.17) is 0 Å². The van der Waals surface area contributed by atoms with Crippen LogP contribution in [0.5, 0.6) is 0 Å². The highest BCUT2D eigenvalue weighted by Crippen LogP contribution is 2.30. The Labute approximate surface area is 145 Å². The first-order valence-electron chi connectivity index (χ1n) is 8.10. The number of aryl methyl sites for hydroxylation is 2. The molecule has 2 N–H and O–H groups in total. The van der Waals surface area contributed by atoms with Crippen molar-refractivity contribution in [2.24, 2.45) is 0 Å². The van der Waals surface area contributed by atoms with Crippen molar-refractivity contribution >= 4 is 11.3 Å². The Kier molecular flexibility index (Phi) is 5.23. The minimum Gasteiger partial charge on any atom is -0.326 e. The van der Waals surface area contributed by atoms with Gasteiger partial charge in [0.2, 0.25) is 0 Å². The van der Waals surface area contributed by atoms with E-state index in [1.54, 1.807) is 11.3 Å². The Morgan fingerprint density at radius 2 is 2.08 bits per heavy atom. The molecule has 3 aromatic heterocycles. The van der Waals surface area contributed by atoms with Crippen molar-refractivity contribution in [3.63, 3.8) is 0 Å². The summed E-state index contributed by atoms with van der Waals surface area (Å²) in [5.41, 5.74) is 3.93. The first-order chi connectivity index (χ1) is 11.7. The molecule has 0 aliphatic heterocycles. The second-order valence-corrected chi connectivity index (χ2v) is 6.87. The number of H-pyrrole nitrogens is 1. The van der Waals surface area contributed by atoms with E-state index in [-0.39, 0.29) is 5.56 Å². The van der Waals surface area contributed by atoms with E-state index in [1.165, 1.54) is 9.75 Å². The summed E-state index contributed by atoms with van der Waals surface area (Å²) < 4.78 is 0. The third-order valence-corrected chi connectivity index (χ3v) is 5.07. The van der Waals surface area contributed by atoms with Crippen molar-refractivity contribution < 1.29 is 0 Å². The molecule has 0 aliphatic carbocycles. The van der Waals surface area contributed by atoms with Crippen LogP contribution in [0.25, 0.3) is 10.4 Å². The largest absolute Gasteiger partial charge is 0.326 e. The summed E-state index contributed by atoms with van der Waals surface area (Å²) in [5.74, 6) is 0. The Bertz CT molecular complexity index is 868. The lowest BCUT2D eigenvalue weighted by Gasteiger charge is -2.06. The predicted molar refractivity (Wildman–Crippen MR) is 99.3 cm³/mol. The van der Waals surface area contributed by atoms with E-state index in [2.05, 4.69) is 27.4 Å². The number of hydrogen-bond donors (Lipinski definition) is 2. The fourth-order valence-corrected chi connectivity index (χ4v) is 3.67. The average molecular weight is 339 g/mol. The van der Waals surface area contributed by atoms with Crippen LogP contribution in [-0.4, -0.2) is 9.97 Å². The molecule has 0 radical (unpaired) electrons. The van der Waals surface area contributed by atoms with Gasteiger partial charge in [-0.1, -0.05) is 13.0 Å². The van der Waals surface area contributed by atoms with Crippen molar-refractivity contribution in [2.45, 2.75) is 33.4 Å². The van der Waals surface area contributed by atoms with E-state index in [0.29, 0.717) is 0 Å². The summed E-state index contributed by atoms with van der Waals surface area (Å²) in [5, 5.41) is 3.42. The van der Waals surface area contributed by atoms with Gasteiger partial charge in [0.05, 0.1) is 5.69 Å². The third kappa shape index (κ3) is 3.80. The second kappa shape index (κ2) is 7.55. The number of pyridine rings is 2. The molecule has 0 atom stereocenters. The Hall–Kier alpha value is -2.24. The Balaban J connectivity index is 1.70. The van der Waals surface area contributed by atoms with Gasteiger partial charge in [-0.25, -0.2) is 0 Å². The summed E-state index contributed by atoms with van der Waals surface area (Å²) in [6, 6.07) is 12.2. The molecule has 124 valence electrons. The standard InChI is InChI=1S/C19H21N3OS/c1-3-14-10-17(13(2)22-19(14)23)18-8-7-16(24-18)12-20-11-15-6-4-5-9-21-15/h4-10,20H,3,11-12H2,1-2H3,(H,22,23). The van der Waals surface area contributed by atoms with Gasteiger partial charge in [-0.05, 0) is 43.7 Å². The molecular weight excluding hydrogens is 318 g/mol. The van der Waals surface area contributed by atoms with Gasteiger partial charge in [0.25, 0.3) is 5.56 Å². The van der Waals surface area contributed by atoms with Gasteiger partial charge in [-0.3, -0.25) is 9.78 Å². The van der Waals surface area contributed by atoms with Crippen molar-refractivity contribution in [3.8, 4) is 10.4 Å². The Morgan fingerprint density at radius 3 is 2.83 bits per heavy atom. The summed E-state index contributed by atoms with van der Waals surface area (Å²) in [6.45, 7) is 5.52. The molecule has 0 saturated heterocycles. The number of aromatic nitrogens is 2. The van der Waals surface area contributed by atoms with Gasteiger partial charge in [0.1, 0.15) is 0 Å². The highest BCUT2D eigenvalue weighted by molar-refractivity contribution is 7.15. The molecule has 0 amide bonds. The molecule has 0 unspecified atom stereocenters. The van der Waals surface area contributed by atoms with E-state index in [9.17, 15) is 4.79 Å². The molecular formula is C19H21N3OS. The summed E-state index contributed by atoms with van der Waals surface area (Å²) in [4.78, 5) is 21.6. The van der Waals surface area contributed by atoms with E-state index in [1.807, 2.05) is 44.3 Å². The topological polar surface area (TPSA) is 57.8 Å². The second-order valence-electron chi connectivity index (χ2n) is 5.71. The Morgan fingerprint density at radius 1 is 1.21 bits per heavy atom. The number of nitrogens with zero attached hydrogens (tertiary/aromatic N) is 1. The van der Waals surface area contributed by atoms with Crippen molar-refractivity contribution in [1.82, 2.24) is 15.3 Å². The van der Waals surface area contributed by atoms with Crippen LogP contribution in [0.15, 0.2) is 47.4 Å². The molecule has 3 rings (SSSR count). The summed E-state index contributed by atoms with van der Waals surface area (Å²) in [6.07, 6.45) is 2.55. The average Bonchev–Trinajstić information content (AvgIpc) is 3.04. The predicted octanol–water partition coefficient (Wildman–Crippen LogP) is 3.66. The molecule has 5 heteroatoms. The molecule has 0 saturated carbocycles. The normalized spacial score (nSPS) is 10.9. The molecule has 0 aliphatic rings. The molecule has 3 aromatic rings. The van der Waals surface area contributed by atoms with Crippen molar-refractivity contribution in [2.75, 3.05) is 0 Å². The molecule has 0 spiro atoms. The lowest BCUT2D eigenvalue weighted by molar-refractivity contribution is 0.686. The van der Waals surface area contributed by atoms with Gasteiger partial charge in [0, 0.05) is 45.9 Å². The van der Waals surface area contributed by atoms with Crippen molar-refractivity contribution in [1.29, 1.82) is 0 Å². The van der Waals surface area contributed by atoms with Gasteiger partial charge in [0.15, 0.2) is 0 Å². The van der Waals surface area contributed by atoms with Crippen LogP contribution in [0, 0.1) is 6.92 Å². The highest BCUT2D eigenvalue weighted by atomic mass is 32.1. The molecule has 0 fully saturated rings. The highest BCUT2D eigenvalue weighted by Gasteiger charge is 2.09. The van der Waals surface area contributed by atoms with E-state index >= 15 is 0 Å². The lowest BCUT2D eigenvalue weighted by Crippen LogP contribution is -2.13. The fraction of sp³-hybridized carbons (Fsp3) is 0.263. The molecule has 3 heterocycles. The number of thiophene rings is 1. The first kappa shape index (κ1) is 16.6. The van der Waals surface area contributed by atoms with Crippen LogP contribution < -0.4 is 10.9 Å². The van der Waals surface area contributed by atoms with Crippen LogP contribution >= 0.6 is 11.3 Å². The molecule has 24 heavy (non-hydrogen) atoms. The molecule has 0 aromatic carbocycles. The van der Waals surface area contributed by atoms with Gasteiger partial charge in [-0.15, -0.1) is 11.3 Å². The number of nitrogens with one attached hydrogen (secondary N) is 2. The van der Waals surface area contributed by atoms with Crippen LogP contribution in [0.4, 0.5) is 0 Å². The molecule has 0 bridgehead atoms. The zero-order chi connectivity index (χ0) is 16.9. The first-order valence-corrected chi connectivity index (χ1v) is 8.91. The SMILES string of the molecule is CCc1cc(-c2ccc(CNCc3ccccn3)s2)c(C)[nH]c1=O. The van der Waals surface area contributed by atoms with Crippen LogP contribution in [0.2, 0.25) is 0 Å². The maximum absolute atomic E-state index is 11.9. The van der Waals surface area contributed by atoms with Gasteiger partial charge in [-0.2, -0.15) is 0 Å². The number of hydrogen-bond acceptors (Lipinski definition) is 4. The zero-order valence-corrected chi connectivity index (χ0v) is 14.7. The third-order valence-electron chi connectivity index (χ3n) is 3.95. The van der Waals surface area contributed by atoms with E-state index < -0.39 is 0 Å². The lowest BCUT2D eigenvalue weighted by atomic mass is 10.1. The fourth-order valence-electron chi connectivity index (χ4n) is 2.62. The zero-order valence-electron chi connectivity index (χ0n) is 13.9. The minimum absolute atomic E-state index is 0.0209. The van der Waals surface area contributed by atoms with Gasteiger partial charge < -0.3 is 10.3 Å². The van der Waals surface area contributed by atoms with Crippen LogP contribution in [-0.2, 0) is 19.5 Å². The van der Waals surface area contributed by atoms with Crippen LogP contribution in [0.1, 0.15) is 28.8 Å². The number of rotatable bonds is 6. The van der Waals surface area contributed by atoms with E-state index in [0.717, 1.165) is 42.0 Å². The minimum atomic E-state index is 0.0209. The molecule has 4 nitrogen and oxygen atoms in total. The summed E-state index contributed by atoms with van der Waals surface area (Å²) >= 11 is 1.76. The quantitative estimate of drug-likeness (QED) is 0.720. The number of aromatic amines is 1.